The first-order chi connectivity index (χ1) is 21.8. The first-order valence-corrected chi connectivity index (χ1v) is 14.8. The monoisotopic (exact) mass is 563 g/mol. The van der Waals surface area contributed by atoms with Crippen molar-refractivity contribution in [2.45, 2.75) is 0 Å². The van der Waals surface area contributed by atoms with Crippen LogP contribution < -0.4 is 0 Å². The number of fused-ring (bicyclic) bond motifs is 7. The average molecular weight is 564 g/mol. The van der Waals surface area contributed by atoms with E-state index in [1.807, 2.05) is 36.4 Å². The molecule has 0 bridgehead atoms. The fourth-order valence-electron chi connectivity index (χ4n) is 6.34. The minimum atomic E-state index is 0.604. The van der Waals surface area contributed by atoms with Crippen LogP contribution in [0.1, 0.15) is 0 Å². The molecule has 0 aliphatic rings. The number of benzene rings is 6. The summed E-state index contributed by atoms with van der Waals surface area (Å²) in [6.45, 7) is 0. The van der Waals surface area contributed by atoms with Gasteiger partial charge in [0.2, 0.25) is 5.95 Å². The Morgan fingerprint density at radius 1 is 0.432 bits per heavy atom. The predicted octanol–water partition coefficient (Wildman–Crippen LogP) is 10.5. The third-order valence-corrected chi connectivity index (χ3v) is 8.45. The maximum Gasteiger partial charge on any atom is 0.235 e. The quantitative estimate of drug-likeness (QED) is 0.214. The third kappa shape index (κ3) is 3.85. The molecule has 9 aromatic rings. The van der Waals surface area contributed by atoms with Crippen LogP contribution in [-0.2, 0) is 0 Å². The maximum absolute atomic E-state index is 6.57. The Kier molecular flexibility index (Phi) is 5.47. The highest BCUT2D eigenvalue weighted by atomic mass is 16.3. The minimum Gasteiger partial charge on any atom is -0.454 e. The molecule has 0 aliphatic carbocycles. The SMILES string of the molecule is c1ccc(-c2ccc(-c3cc(-c4ccccc4)nc(-n4c5ccccc5c5ccc6c7ccccc7oc6c54)n3)cc2)cc1. The van der Waals surface area contributed by atoms with Gasteiger partial charge >= 0.3 is 0 Å². The zero-order valence-electron chi connectivity index (χ0n) is 23.7. The van der Waals surface area contributed by atoms with Gasteiger partial charge in [-0.1, -0.05) is 127 Å². The van der Waals surface area contributed by atoms with Crippen molar-refractivity contribution in [1.82, 2.24) is 14.5 Å². The van der Waals surface area contributed by atoms with E-state index in [9.17, 15) is 0 Å². The molecule has 0 radical (unpaired) electrons. The fraction of sp³-hybridized carbons (Fsp3) is 0. The van der Waals surface area contributed by atoms with Crippen LogP contribution >= 0.6 is 0 Å². The molecule has 4 heteroatoms. The van der Waals surface area contributed by atoms with Gasteiger partial charge < -0.3 is 4.42 Å². The van der Waals surface area contributed by atoms with Crippen molar-refractivity contribution in [1.29, 1.82) is 0 Å². The van der Waals surface area contributed by atoms with E-state index in [0.29, 0.717) is 5.95 Å². The molecule has 9 rings (SSSR count). The van der Waals surface area contributed by atoms with Crippen molar-refractivity contribution in [2.24, 2.45) is 0 Å². The summed E-state index contributed by atoms with van der Waals surface area (Å²) in [4.78, 5) is 10.5. The van der Waals surface area contributed by atoms with E-state index in [2.05, 4.69) is 120 Å². The van der Waals surface area contributed by atoms with Crippen LogP contribution in [0.15, 0.2) is 156 Å². The van der Waals surface area contributed by atoms with Gasteiger partial charge in [-0.3, -0.25) is 4.57 Å². The summed E-state index contributed by atoms with van der Waals surface area (Å²) < 4.78 is 8.74. The van der Waals surface area contributed by atoms with E-state index in [1.165, 1.54) is 11.1 Å². The average Bonchev–Trinajstić information content (AvgIpc) is 3.65. The molecular formula is C40H25N3O. The second-order valence-corrected chi connectivity index (χ2v) is 11.0. The lowest BCUT2D eigenvalue weighted by atomic mass is 10.0. The van der Waals surface area contributed by atoms with Crippen molar-refractivity contribution < 1.29 is 4.42 Å². The van der Waals surface area contributed by atoms with Gasteiger partial charge in [-0.2, -0.15) is 0 Å². The summed E-state index contributed by atoms with van der Waals surface area (Å²) >= 11 is 0. The summed E-state index contributed by atoms with van der Waals surface area (Å²) in [6, 6.07) is 52.5. The number of rotatable bonds is 4. The molecule has 3 heterocycles. The van der Waals surface area contributed by atoms with Gasteiger partial charge in [0.05, 0.1) is 16.9 Å². The second kappa shape index (κ2) is 9.79. The van der Waals surface area contributed by atoms with E-state index >= 15 is 0 Å². The molecule has 6 aromatic carbocycles. The van der Waals surface area contributed by atoms with Gasteiger partial charge in [-0.05, 0) is 35.4 Å². The predicted molar refractivity (Wildman–Crippen MR) is 180 cm³/mol. The highest BCUT2D eigenvalue weighted by molar-refractivity contribution is 6.21. The molecular weight excluding hydrogens is 538 g/mol. The normalized spacial score (nSPS) is 11.6. The Morgan fingerprint density at radius 3 is 1.73 bits per heavy atom. The van der Waals surface area contributed by atoms with Crippen LogP contribution in [0, 0.1) is 0 Å². The van der Waals surface area contributed by atoms with E-state index in [4.69, 9.17) is 14.4 Å². The molecule has 0 atom stereocenters. The second-order valence-electron chi connectivity index (χ2n) is 11.0. The number of para-hydroxylation sites is 2. The number of hydrogen-bond donors (Lipinski definition) is 0. The Balaban J connectivity index is 1.33. The van der Waals surface area contributed by atoms with Gasteiger partial charge in [0, 0.05) is 32.7 Å². The Labute approximate surface area is 253 Å². The molecule has 206 valence electrons. The van der Waals surface area contributed by atoms with Crippen LogP contribution in [0.25, 0.3) is 83.3 Å². The lowest BCUT2D eigenvalue weighted by molar-refractivity contribution is 0.670. The first kappa shape index (κ1) is 24.6. The topological polar surface area (TPSA) is 43.9 Å². The molecule has 0 saturated carbocycles. The van der Waals surface area contributed by atoms with Crippen molar-refractivity contribution in [3.63, 3.8) is 0 Å². The largest absolute Gasteiger partial charge is 0.454 e. The summed E-state index contributed by atoms with van der Waals surface area (Å²) in [5.74, 6) is 0.604. The molecule has 0 saturated heterocycles. The van der Waals surface area contributed by atoms with Gasteiger partial charge in [-0.15, -0.1) is 0 Å². The molecule has 0 unspecified atom stereocenters. The van der Waals surface area contributed by atoms with Crippen LogP contribution in [0.2, 0.25) is 0 Å². The van der Waals surface area contributed by atoms with E-state index in [-0.39, 0.29) is 0 Å². The third-order valence-electron chi connectivity index (χ3n) is 8.45. The van der Waals surface area contributed by atoms with Gasteiger partial charge in [0.1, 0.15) is 11.1 Å². The Hall–Kier alpha value is -6.00. The molecule has 0 fully saturated rings. The van der Waals surface area contributed by atoms with Crippen molar-refractivity contribution in [3.8, 4) is 39.6 Å². The molecule has 3 aromatic heterocycles. The van der Waals surface area contributed by atoms with Crippen molar-refractivity contribution in [2.75, 3.05) is 0 Å². The number of nitrogens with zero attached hydrogens (tertiary/aromatic N) is 3. The first-order valence-electron chi connectivity index (χ1n) is 14.8. The van der Waals surface area contributed by atoms with Crippen LogP contribution in [0.3, 0.4) is 0 Å². The summed E-state index contributed by atoms with van der Waals surface area (Å²) in [5, 5.41) is 4.41. The molecule has 0 N–H and O–H groups in total. The van der Waals surface area contributed by atoms with E-state index in [0.717, 1.165) is 66.3 Å². The molecule has 0 amide bonds. The smallest absolute Gasteiger partial charge is 0.235 e. The zero-order chi connectivity index (χ0) is 29.0. The van der Waals surface area contributed by atoms with Crippen molar-refractivity contribution in [3.05, 3.63) is 152 Å². The summed E-state index contributed by atoms with van der Waals surface area (Å²) in [5.41, 5.74) is 9.84. The number of furan rings is 1. The van der Waals surface area contributed by atoms with Crippen LogP contribution in [-0.4, -0.2) is 14.5 Å². The van der Waals surface area contributed by atoms with Crippen molar-refractivity contribution >= 4 is 43.7 Å². The lowest BCUT2D eigenvalue weighted by Gasteiger charge is -2.12. The molecule has 4 nitrogen and oxygen atoms in total. The van der Waals surface area contributed by atoms with Crippen LogP contribution in [0.4, 0.5) is 0 Å². The zero-order valence-corrected chi connectivity index (χ0v) is 23.7. The van der Waals surface area contributed by atoms with Gasteiger partial charge in [-0.25, -0.2) is 9.97 Å². The van der Waals surface area contributed by atoms with Crippen LogP contribution in [0.5, 0.6) is 0 Å². The number of hydrogen-bond acceptors (Lipinski definition) is 3. The van der Waals surface area contributed by atoms with E-state index in [1.54, 1.807) is 0 Å². The lowest BCUT2D eigenvalue weighted by Crippen LogP contribution is -2.04. The standard InChI is InChI=1S/C40H25N3O/c1-3-11-26(12-4-1)27-19-21-29(22-20-27)35-25-34(28-13-5-2-6-14-28)41-40(42-35)43-36-17-9-7-15-30(36)32-23-24-33-31-16-8-10-18-37(31)44-39(33)38(32)43/h1-25H. The highest BCUT2D eigenvalue weighted by Crippen LogP contribution is 2.40. The minimum absolute atomic E-state index is 0.604. The Morgan fingerprint density at radius 2 is 0.977 bits per heavy atom. The fourth-order valence-corrected chi connectivity index (χ4v) is 6.34. The summed E-state index contributed by atoms with van der Waals surface area (Å²) in [6.07, 6.45) is 0. The summed E-state index contributed by atoms with van der Waals surface area (Å²) in [7, 11) is 0. The molecule has 44 heavy (non-hydrogen) atoms. The molecule has 0 spiro atoms. The van der Waals surface area contributed by atoms with E-state index < -0.39 is 0 Å². The highest BCUT2D eigenvalue weighted by Gasteiger charge is 2.21. The van der Waals surface area contributed by atoms with Gasteiger partial charge in [0.25, 0.3) is 0 Å². The van der Waals surface area contributed by atoms with Gasteiger partial charge in [0.15, 0.2) is 5.58 Å². The number of aromatic nitrogens is 3. The Bertz CT molecular complexity index is 2470. The maximum atomic E-state index is 6.57. The molecule has 0 aliphatic heterocycles.